The van der Waals surface area contributed by atoms with Crippen molar-refractivity contribution in [3.63, 3.8) is 0 Å². The molecule has 0 aromatic carbocycles. The van der Waals surface area contributed by atoms with E-state index in [0.717, 1.165) is 11.8 Å². The molecule has 15 heavy (non-hydrogen) atoms. The van der Waals surface area contributed by atoms with Crippen LogP contribution in [0.5, 0.6) is 0 Å². The smallest absolute Gasteiger partial charge is 0.0960 e. The zero-order valence-corrected chi connectivity index (χ0v) is 9.85. The number of piperidine rings is 1. The van der Waals surface area contributed by atoms with E-state index >= 15 is 0 Å². The molecule has 2 aliphatic rings. The molecule has 2 fully saturated rings. The number of nitrogens with zero attached hydrogens (tertiary/aromatic N) is 1. The molecular formula is C12H18N2S. The molecule has 1 saturated carbocycles. The fraction of sp³-hybridized carbons (Fsp3) is 0.750. The second-order valence-electron chi connectivity index (χ2n) is 4.76. The molecule has 1 N–H and O–H groups in total. The zero-order chi connectivity index (χ0) is 10.1. The van der Waals surface area contributed by atoms with Gasteiger partial charge in [-0.15, -0.1) is 11.3 Å². The predicted molar refractivity (Wildman–Crippen MR) is 63.6 cm³/mol. The zero-order valence-electron chi connectivity index (χ0n) is 9.04. The van der Waals surface area contributed by atoms with E-state index in [-0.39, 0.29) is 0 Å². The van der Waals surface area contributed by atoms with Crippen molar-refractivity contribution >= 4 is 11.3 Å². The summed E-state index contributed by atoms with van der Waals surface area (Å²) in [5, 5.41) is 7.12. The van der Waals surface area contributed by atoms with E-state index in [0.29, 0.717) is 0 Å². The standard InChI is InChI=1S/C12H18N2S/c1-2-9(3-1)11-8-15-12(14-11)10-4-6-13-7-5-10/h8-10,13H,1-7H2. The van der Waals surface area contributed by atoms with Gasteiger partial charge in [-0.25, -0.2) is 4.98 Å². The minimum Gasteiger partial charge on any atom is -0.317 e. The summed E-state index contributed by atoms with van der Waals surface area (Å²) in [6.07, 6.45) is 6.70. The Balaban J connectivity index is 1.71. The minimum absolute atomic E-state index is 0.741. The lowest BCUT2D eigenvalue weighted by molar-refractivity contribution is 0.409. The fourth-order valence-corrected chi connectivity index (χ4v) is 3.52. The van der Waals surface area contributed by atoms with E-state index in [1.54, 1.807) is 0 Å². The SMILES string of the molecule is c1sc(C2CCNCC2)nc1C1CCC1. The van der Waals surface area contributed by atoms with Gasteiger partial charge in [-0.1, -0.05) is 6.42 Å². The Kier molecular flexibility index (Phi) is 2.76. The number of hydrogen-bond acceptors (Lipinski definition) is 3. The van der Waals surface area contributed by atoms with Crippen LogP contribution in [0.2, 0.25) is 0 Å². The second kappa shape index (κ2) is 4.22. The highest BCUT2D eigenvalue weighted by atomic mass is 32.1. The Hall–Kier alpha value is -0.410. The molecule has 1 saturated heterocycles. The summed E-state index contributed by atoms with van der Waals surface area (Å²) >= 11 is 1.89. The van der Waals surface area contributed by atoms with E-state index < -0.39 is 0 Å². The summed E-state index contributed by atoms with van der Waals surface area (Å²) < 4.78 is 0. The Morgan fingerprint density at radius 2 is 1.93 bits per heavy atom. The molecule has 3 rings (SSSR count). The van der Waals surface area contributed by atoms with Gasteiger partial charge in [0.25, 0.3) is 0 Å². The molecule has 0 radical (unpaired) electrons. The van der Waals surface area contributed by atoms with Crippen molar-refractivity contribution in [2.45, 2.75) is 43.9 Å². The lowest BCUT2D eigenvalue weighted by Gasteiger charge is -2.23. The maximum absolute atomic E-state index is 4.85. The van der Waals surface area contributed by atoms with E-state index in [2.05, 4.69) is 10.7 Å². The normalized spacial score (nSPS) is 24.0. The molecule has 2 heterocycles. The van der Waals surface area contributed by atoms with Gasteiger partial charge >= 0.3 is 0 Å². The summed E-state index contributed by atoms with van der Waals surface area (Å²) in [6.45, 7) is 2.34. The number of aromatic nitrogens is 1. The van der Waals surface area contributed by atoms with E-state index in [1.165, 1.54) is 55.9 Å². The van der Waals surface area contributed by atoms with Gasteiger partial charge < -0.3 is 5.32 Å². The van der Waals surface area contributed by atoms with E-state index in [9.17, 15) is 0 Å². The number of hydrogen-bond donors (Lipinski definition) is 1. The monoisotopic (exact) mass is 222 g/mol. The van der Waals surface area contributed by atoms with Crippen LogP contribution in [0.3, 0.4) is 0 Å². The molecule has 1 aromatic heterocycles. The van der Waals surface area contributed by atoms with Crippen molar-refractivity contribution in [3.05, 3.63) is 16.1 Å². The van der Waals surface area contributed by atoms with Gasteiger partial charge in [0.05, 0.1) is 10.7 Å². The molecule has 2 nitrogen and oxygen atoms in total. The Morgan fingerprint density at radius 3 is 2.60 bits per heavy atom. The summed E-state index contributed by atoms with van der Waals surface area (Å²) in [5.41, 5.74) is 1.39. The third kappa shape index (κ3) is 1.95. The van der Waals surface area contributed by atoms with Crippen molar-refractivity contribution in [1.82, 2.24) is 10.3 Å². The number of rotatable bonds is 2. The molecular weight excluding hydrogens is 204 g/mol. The van der Waals surface area contributed by atoms with Crippen LogP contribution < -0.4 is 5.32 Å². The van der Waals surface area contributed by atoms with Gasteiger partial charge in [-0.05, 0) is 38.8 Å². The summed E-state index contributed by atoms with van der Waals surface area (Å²) in [6, 6.07) is 0. The van der Waals surface area contributed by atoms with Crippen LogP contribution in [0.4, 0.5) is 0 Å². The van der Waals surface area contributed by atoms with Crippen molar-refractivity contribution in [2.24, 2.45) is 0 Å². The Bertz CT molecular complexity index is 324. The summed E-state index contributed by atoms with van der Waals surface area (Å²) in [7, 11) is 0. The quantitative estimate of drug-likeness (QED) is 0.832. The lowest BCUT2D eigenvalue weighted by atomic mass is 9.83. The molecule has 0 spiro atoms. The molecule has 82 valence electrons. The molecule has 0 amide bonds. The van der Waals surface area contributed by atoms with Crippen LogP contribution in [0.15, 0.2) is 5.38 Å². The Morgan fingerprint density at radius 1 is 1.13 bits per heavy atom. The van der Waals surface area contributed by atoms with Gasteiger partial charge in [0, 0.05) is 17.2 Å². The molecule has 3 heteroatoms. The highest BCUT2D eigenvalue weighted by Crippen LogP contribution is 2.38. The van der Waals surface area contributed by atoms with Crippen LogP contribution in [0.25, 0.3) is 0 Å². The van der Waals surface area contributed by atoms with Crippen LogP contribution >= 0.6 is 11.3 Å². The van der Waals surface area contributed by atoms with Crippen LogP contribution in [0, 0.1) is 0 Å². The van der Waals surface area contributed by atoms with Gasteiger partial charge in [0.2, 0.25) is 0 Å². The minimum atomic E-state index is 0.741. The fourth-order valence-electron chi connectivity index (χ4n) is 2.45. The number of nitrogens with one attached hydrogen (secondary N) is 1. The predicted octanol–water partition coefficient (Wildman–Crippen LogP) is 2.88. The van der Waals surface area contributed by atoms with Crippen molar-refractivity contribution in [3.8, 4) is 0 Å². The molecule has 0 bridgehead atoms. The lowest BCUT2D eigenvalue weighted by Crippen LogP contribution is -2.26. The maximum Gasteiger partial charge on any atom is 0.0960 e. The maximum atomic E-state index is 4.85. The van der Waals surface area contributed by atoms with E-state index in [4.69, 9.17) is 4.98 Å². The van der Waals surface area contributed by atoms with Gasteiger partial charge in [0.15, 0.2) is 0 Å². The Labute approximate surface area is 95.1 Å². The summed E-state index contributed by atoms with van der Waals surface area (Å²) in [5.74, 6) is 1.54. The third-order valence-electron chi connectivity index (χ3n) is 3.75. The first-order valence-corrected chi connectivity index (χ1v) is 6.97. The molecule has 1 aliphatic carbocycles. The van der Waals surface area contributed by atoms with Crippen molar-refractivity contribution in [1.29, 1.82) is 0 Å². The van der Waals surface area contributed by atoms with Crippen LogP contribution in [-0.4, -0.2) is 18.1 Å². The second-order valence-corrected chi connectivity index (χ2v) is 5.65. The van der Waals surface area contributed by atoms with Crippen molar-refractivity contribution < 1.29 is 0 Å². The first kappa shape index (κ1) is 9.79. The number of thiazole rings is 1. The third-order valence-corrected chi connectivity index (χ3v) is 4.78. The van der Waals surface area contributed by atoms with Crippen molar-refractivity contribution in [2.75, 3.05) is 13.1 Å². The van der Waals surface area contributed by atoms with Gasteiger partial charge in [0.1, 0.15) is 0 Å². The summed E-state index contributed by atoms with van der Waals surface area (Å²) in [4.78, 5) is 4.85. The first-order valence-electron chi connectivity index (χ1n) is 6.09. The highest BCUT2D eigenvalue weighted by molar-refractivity contribution is 7.09. The van der Waals surface area contributed by atoms with Gasteiger partial charge in [-0.3, -0.25) is 0 Å². The molecule has 1 aliphatic heterocycles. The molecule has 0 atom stereocenters. The van der Waals surface area contributed by atoms with E-state index in [1.807, 2.05) is 11.3 Å². The van der Waals surface area contributed by atoms with Gasteiger partial charge in [-0.2, -0.15) is 0 Å². The average Bonchev–Trinajstić information content (AvgIpc) is 2.66. The topological polar surface area (TPSA) is 24.9 Å². The highest BCUT2D eigenvalue weighted by Gasteiger charge is 2.24. The molecule has 1 aromatic rings. The van der Waals surface area contributed by atoms with Crippen LogP contribution in [-0.2, 0) is 0 Å². The largest absolute Gasteiger partial charge is 0.317 e. The average molecular weight is 222 g/mol. The molecule has 0 unspecified atom stereocenters. The first-order chi connectivity index (χ1) is 7.43. The van der Waals surface area contributed by atoms with Crippen LogP contribution in [0.1, 0.15) is 54.6 Å².